The Hall–Kier alpha value is -3.17. The molecule has 0 fully saturated rings. The Morgan fingerprint density at radius 2 is 2.00 bits per heavy atom. The van der Waals surface area contributed by atoms with Crippen LogP contribution in [0, 0.1) is 0 Å². The molecule has 0 unspecified atom stereocenters. The molecule has 0 bridgehead atoms. The van der Waals surface area contributed by atoms with E-state index in [0.717, 1.165) is 5.39 Å². The Morgan fingerprint density at radius 1 is 1.26 bits per heavy atom. The maximum atomic E-state index is 11.7. The van der Waals surface area contributed by atoms with E-state index in [1.165, 1.54) is 4.52 Å². The molecule has 0 aliphatic rings. The second-order valence-corrected chi connectivity index (χ2v) is 6.43. The van der Waals surface area contributed by atoms with E-state index in [2.05, 4.69) is 31.1 Å². The van der Waals surface area contributed by atoms with Gasteiger partial charge in [-0.15, -0.1) is 5.10 Å². The van der Waals surface area contributed by atoms with Crippen molar-refractivity contribution in [2.24, 2.45) is 0 Å². The van der Waals surface area contributed by atoms with Crippen molar-refractivity contribution in [2.75, 3.05) is 24.1 Å². The summed E-state index contributed by atoms with van der Waals surface area (Å²) in [6.45, 7) is 10.3. The van der Waals surface area contributed by atoms with Gasteiger partial charge < -0.3 is 21.1 Å². The van der Waals surface area contributed by atoms with E-state index in [1.807, 2.05) is 46.8 Å². The van der Waals surface area contributed by atoms with Gasteiger partial charge in [0.05, 0.1) is 5.69 Å². The zero-order valence-electron chi connectivity index (χ0n) is 16.3. The quantitative estimate of drug-likeness (QED) is 0.592. The number of nitrogens with one attached hydrogen (secondary N) is 2. The average molecular weight is 374 g/mol. The topological polar surface area (TPSA) is 132 Å². The maximum Gasteiger partial charge on any atom is 0.407 e. The molecule has 0 aliphatic heterocycles. The van der Waals surface area contributed by atoms with Crippen LogP contribution in [-0.2, 0) is 4.74 Å². The lowest BCUT2D eigenvalue weighted by molar-refractivity contribution is 0.0530. The molecule has 0 aliphatic carbocycles. The molecule has 3 aromatic heterocycles. The van der Waals surface area contributed by atoms with E-state index in [0.29, 0.717) is 35.8 Å². The highest BCUT2D eigenvalue weighted by Gasteiger charge is 2.17. The zero-order valence-corrected chi connectivity index (χ0v) is 16.3. The summed E-state index contributed by atoms with van der Waals surface area (Å²) in [5, 5.41) is 18.2. The summed E-state index contributed by atoms with van der Waals surface area (Å²) in [5.41, 5.74) is 7.77. The lowest BCUT2D eigenvalue weighted by atomic mass is 10.2. The van der Waals surface area contributed by atoms with Crippen molar-refractivity contribution in [3.63, 3.8) is 0 Å². The Kier molecular flexibility index (Phi) is 6.32. The smallest absolute Gasteiger partial charge is 0.407 e. The van der Waals surface area contributed by atoms with Crippen LogP contribution in [0.25, 0.3) is 16.7 Å². The highest BCUT2D eigenvalue weighted by Crippen LogP contribution is 2.30. The number of alkyl carbamates (subject to hydrolysis) is 1. The minimum Gasteiger partial charge on any atom is -0.444 e. The molecule has 146 valence electrons. The standard InChI is InChI=1S/C15H20N8O2.C2H6/c1-15(2,3)25-14(24)19-8-7-17-11-9-5-4-6-18-12(9)23-13(10(11)16)20-21-22-23;1-2/h4-6,17H,7-8,16H2,1-3H3,(H,19,24);1-2H3. The van der Waals surface area contributed by atoms with Gasteiger partial charge in [-0.3, -0.25) is 0 Å². The molecule has 10 nitrogen and oxygen atoms in total. The van der Waals surface area contributed by atoms with Crippen LogP contribution in [0.5, 0.6) is 0 Å². The van der Waals surface area contributed by atoms with Gasteiger partial charge in [0, 0.05) is 24.7 Å². The van der Waals surface area contributed by atoms with E-state index in [4.69, 9.17) is 10.5 Å². The Balaban J connectivity index is 0.00000126. The van der Waals surface area contributed by atoms with Crippen LogP contribution in [-0.4, -0.2) is 49.8 Å². The van der Waals surface area contributed by atoms with Crippen molar-refractivity contribution in [1.82, 2.24) is 30.3 Å². The van der Waals surface area contributed by atoms with Gasteiger partial charge in [-0.1, -0.05) is 13.8 Å². The number of fused-ring (bicyclic) bond motifs is 3. The van der Waals surface area contributed by atoms with Crippen LogP contribution in [0.2, 0.25) is 0 Å². The largest absolute Gasteiger partial charge is 0.444 e. The van der Waals surface area contributed by atoms with Gasteiger partial charge in [0.15, 0.2) is 5.65 Å². The third-order valence-corrected chi connectivity index (χ3v) is 3.33. The number of nitrogens with two attached hydrogens (primary N) is 1. The second kappa shape index (κ2) is 8.47. The first kappa shape index (κ1) is 20.1. The third-order valence-electron chi connectivity index (χ3n) is 3.33. The number of carbonyl (C=O) groups is 1. The molecule has 3 rings (SSSR count). The molecule has 0 aromatic carbocycles. The SMILES string of the molecule is CC.CC(C)(C)OC(=O)NCCNc1c(N)c2nnnn2c2ncccc12. The Bertz CT molecular complexity index is 916. The van der Waals surface area contributed by atoms with Crippen LogP contribution in [0.3, 0.4) is 0 Å². The summed E-state index contributed by atoms with van der Waals surface area (Å²) in [7, 11) is 0. The summed E-state index contributed by atoms with van der Waals surface area (Å²) in [4.78, 5) is 16.0. The fourth-order valence-electron chi connectivity index (χ4n) is 2.37. The van der Waals surface area contributed by atoms with Crippen molar-refractivity contribution in [1.29, 1.82) is 0 Å². The van der Waals surface area contributed by atoms with E-state index in [1.54, 1.807) is 6.20 Å². The summed E-state index contributed by atoms with van der Waals surface area (Å²) >= 11 is 0. The molecule has 3 aromatic rings. The first-order valence-corrected chi connectivity index (χ1v) is 8.82. The molecule has 3 heterocycles. The predicted molar refractivity (Wildman–Crippen MR) is 105 cm³/mol. The van der Waals surface area contributed by atoms with E-state index in [-0.39, 0.29) is 0 Å². The van der Waals surface area contributed by atoms with Crippen LogP contribution >= 0.6 is 0 Å². The molecule has 27 heavy (non-hydrogen) atoms. The molecule has 4 N–H and O–H groups in total. The van der Waals surface area contributed by atoms with E-state index >= 15 is 0 Å². The number of carbonyl (C=O) groups excluding carboxylic acids is 1. The summed E-state index contributed by atoms with van der Waals surface area (Å²) < 4.78 is 6.68. The molecule has 10 heteroatoms. The van der Waals surface area contributed by atoms with E-state index < -0.39 is 11.7 Å². The number of anilines is 2. The second-order valence-electron chi connectivity index (χ2n) is 6.43. The average Bonchev–Trinajstić information content (AvgIpc) is 3.11. The van der Waals surface area contributed by atoms with Crippen LogP contribution in [0.15, 0.2) is 18.3 Å². The van der Waals surface area contributed by atoms with Gasteiger partial charge >= 0.3 is 6.09 Å². The van der Waals surface area contributed by atoms with Gasteiger partial charge in [0.25, 0.3) is 0 Å². The number of hydrogen-bond acceptors (Lipinski definition) is 8. The number of nitrogens with zero attached hydrogens (tertiary/aromatic N) is 5. The highest BCUT2D eigenvalue weighted by molar-refractivity contribution is 6.00. The zero-order chi connectivity index (χ0) is 20.0. The fraction of sp³-hybridized carbons (Fsp3) is 0.471. The molecule has 1 amide bonds. The first-order chi connectivity index (χ1) is 12.9. The van der Waals surface area contributed by atoms with E-state index in [9.17, 15) is 4.79 Å². The van der Waals surface area contributed by atoms with Crippen molar-refractivity contribution in [2.45, 2.75) is 40.2 Å². The minimum atomic E-state index is -0.532. The molecule has 0 radical (unpaired) electrons. The van der Waals surface area contributed by atoms with Crippen molar-refractivity contribution in [3.05, 3.63) is 18.3 Å². The number of tetrazole rings is 1. The summed E-state index contributed by atoms with van der Waals surface area (Å²) in [6, 6.07) is 3.69. The van der Waals surface area contributed by atoms with Gasteiger partial charge in [-0.2, -0.15) is 4.52 Å². The number of aromatic nitrogens is 5. The van der Waals surface area contributed by atoms with Gasteiger partial charge in [0.2, 0.25) is 5.65 Å². The third kappa shape index (κ3) is 4.72. The van der Waals surface area contributed by atoms with Crippen molar-refractivity contribution >= 4 is 34.1 Å². The molecular weight excluding hydrogens is 348 g/mol. The lowest BCUT2D eigenvalue weighted by Gasteiger charge is -2.20. The highest BCUT2D eigenvalue weighted by atomic mass is 16.6. The van der Waals surface area contributed by atoms with Crippen LogP contribution < -0.4 is 16.4 Å². The fourth-order valence-corrected chi connectivity index (χ4v) is 2.37. The van der Waals surface area contributed by atoms with Crippen molar-refractivity contribution < 1.29 is 9.53 Å². The molecule has 0 atom stereocenters. The molecule has 0 spiro atoms. The van der Waals surface area contributed by atoms with Gasteiger partial charge in [-0.25, -0.2) is 9.78 Å². The number of amides is 1. The minimum absolute atomic E-state index is 0.367. The van der Waals surface area contributed by atoms with Crippen LogP contribution in [0.4, 0.5) is 16.2 Å². The molecule has 0 saturated heterocycles. The summed E-state index contributed by atoms with van der Waals surface area (Å²) in [6.07, 6.45) is 1.19. The van der Waals surface area contributed by atoms with Crippen molar-refractivity contribution in [3.8, 4) is 0 Å². The lowest BCUT2D eigenvalue weighted by Crippen LogP contribution is -2.35. The number of hydrogen-bond donors (Lipinski definition) is 3. The number of rotatable bonds is 4. The van der Waals surface area contributed by atoms with Gasteiger partial charge in [-0.05, 0) is 43.3 Å². The maximum absolute atomic E-state index is 11.7. The molecular formula is C17H26N8O2. The predicted octanol–water partition coefficient (Wildman–Crippen LogP) is 2.22. The van der Waals surface area contributed by atoms with Crippen LogP contribution in [0.1, 0.15) is 34.6 Å². The number of pyridine rings is 2. The van der Waals surface area contributed by atoms with Gasteiger partial charge in [0.1, 0.15) is 11.3 Å². The first-order valence-electron chi connectivity index (χ1n) is 8.82. The normalized spacial score (nSPS) is 11.0. The molecule has 0 saturated carbocycles. The Labute approximate surface area is 157 Å². The number of nitrogen functional groups attached to an aromatic ring is 1. The summed E-state index contributed by atoms with van der Waals surface area (Å²) in [5.74, 6) is 0. The Morgan fingerprint density at radius 3 is 2.70 bits per heavy atom. The monoisotopic (exact) mass is 374 g/mol. The number of ether oxygens (including phenoxy) is 1.